The van der Waals surface area contributed by atoms with Crippen molar-refractivity contribution < 1.29 is 18.3 Å². The summed E-state index contributed by atoms with van der Waals surface area (Å²) >= 11 is 1.38. The molecule has 0 radical (unpaired) electrons. The molecule has 0 fully saturated rings. The van der Waals surface area contributed by atoms with Crippen molar-refractivity contribution >= 4 is 11.8 Å². The molecule has 8 heteroatoms. The van der Waals surface area contributed by atoms with Gasteiger partial charge in [-0.05, 0) is 43.4 Å². The average molecular weight is 384 g/mol. The van der Waals surface area contributed by atoms with Gasteiger partial charge in [0.25, 0.3) is 0 Å². The molecule has 2 aromatic rings. The monoisotopic (exact) mass is 384 g/mol. The molecular weight excluding hydrogens is 365 g/mol. The zero-order chi connectivity index (χ0) is 18.7. The Hall–Kier alpha value is -1.80. The smallest absolute Gasteiger partial charge is 0.396 e. The molecule has 26 heavy (non-hydrogen) atoms. The lowest BCUT2D eigenvalue weighted by Gasteiger charge is -2.14. The highest BCUT2D eigenvalue weighted by Gasteiger charge is 2.30. The number of halogens is 3. The van der Waals surface area contributed by atoms with E-state index in [9.17, 15) is 18.0 Å². The number of hydrogen-bond donors (Lipinski definition) is 1. The van der Waals surface area contributed by atoms with Crippen LogP contribution in [0.5, 0.6) is 0 Å². The van der Waals surface area contributed by atoms with Gasteiger partial charge in [0.1, 0.15) is 5.03 Å². The van der Waals surface area contributed by atoms with E-state index in [0.29, 0.717) is 23.7 Å². The Morgan fingerprint density at radius 2 is 1.92 bits per heavy atom. The van der Waals surface area contributed by atoms with Gasteiger partial charge in [-0.1, -0.05) is 12.1 Å². The first kappa shape index (κ1) is 19.0. The van der Waals surface area contributed by atoms with Crippen molar-refractivity contribution in [2.75, 3.05) is 6.61 Å². The highest BCUT2D eigenvalue weighted by Crippen LogP contribution is 2.32. The van der Waals surface area contributed by atoms with Crippen molar-refractivity contribution in [1.82, 2.24) is 9.55 Å². The van der Waals surface area contributed by atoms with Gasteiger partial charge < -0.3 is 5.11 Å². The number of fused-ring (bicyclic) bond motifs is 1. The summed E-state index contributed by atoms with van der Waals surface area (Å²) in [6.45, 7) is 0.472. The van der Waals surface area contributed by atoms with Crippen molar-refractivity contribution in [3.8, 4) is 0 Å². The van der Waals surface area contributed by atoms with Crippen LogP contribution in [0.25, 0.3) is 0 Å². The first-order valence-electron chi connectivity index (χ1n) is 8.42. The summed E-state index contributed by atoms with van der Waals surface area (Å²) in [4.78, 5) is 16.5. The number of aliphatic hydroxyl groups is 1. The molecule has 0 bridgehead atoms. The lowest BCUT2D eigenvalue weighted by molar-refractivity contribution is -0.137. The highest BCUT2D eigenvalue weighted by molar-refractivity contribution is 7.98. The number of thioether (sulfide) groups is 1. The second kappa shape index (κ2) is 7.84. The van der Waals surface area contributed by atoms with Crippen LogP contribution < -0.4 is 5.69 Å². The van der Waals surface area contributed by atoms with Gasteiger partial charge in [0.05, 0.1) is 5.56 Å². The van der Waals surface area contributed by atoms with E-state index in [1.807, 2.05) is 0 Å². The minimum Gasteiger partial charge on any atom is -0.396 e. The van der Waals surface area contributed by atoms with Crippen molar-refractivity contribution in [3.63, 3.8) is 0 Å². The van der Waals surface area contributed by atoms with E-state index in [0.717, 1.165) is 48.2 Å². The van der Waals surface area contributed by atoms with Gasteiger partial charge >= 0.3 is 11.9 Å². The molecule has 0 spiro atoms. The second-order valence-electron chi connectivity index (χ2n) is 6.19. The van der Waals surface area contributed by atoms with Crippen LogP contribution in [-0.2, 0) is 31.3 Å². The second-order valence-corrected chi connectivity index (χ2v) is 7.15. The standard InChI is InChI=1S/C18H19F3N2O2S/c19-18(20,21)13-7-5-12(6-8-13)11-26-16-14-3-1-4-15(14)23(9-2-10-24)17(25)22-16/h5-8,24H,1-4,9-11H2. The minimum atomic E-state index is -4.34. The maximum Gasteiger partial charge on any atom is 0.416 e. The van der Waals surface area contributed by atoms with Gasteiger partial charge in [-0.3, -0.25) is 4.57 Å². The zero-order valence-electron chi connectivity index (χ0n) is 14.1. The summed E-state index contributed by atoms with van der Waals surface area (Å²) in [6, 6.07) is 5.05. The number of aromatic nitrogens is 2. The molecule has 3 rings (SSSR count). The first-order chi connectivity index (χ1) is 12.4. The average Bonchev–Trinajstić information content (AvgIpc) is 3.08. The SMILES string of the molecule is O=c1nc(SCc2ccc(C(F)(F)F)cc2)c2c(n1CCCO)CCC2. The quantitative estimate of drug-likeness (QED) is 0.613. The molecule has 0 amide bonds. The summed E-state index contributed by atoms with van der Waals surface area (Å²) in [5.41, 5.74) is 1.79. The number of nitrogens with zero attached hydrogens (tertiary/aromatic N) is 2. The molecule has 1 aliphatic rings. The van der Waals surface area contributed by atoms with E-state index in [1.165, 1.54) is 23.9 Å². The summed E-state index contributed by atoms with van der Waals surface area (Å²) in [5.74, 6) is 0.456. The molecular formula is C18H19F3N2O2S. The number of rotatable bonds is 6. The topological polar surface area (TPSA) is 55.1 Å². The van der Waals surface area contributed by atoms with Gasteiger partial charge in [-0.2, -0.15) is 18.2 Å². The van der Waals surface area contributed by atoms with E-state index < -0.39 is 11.7 Å². The largest absolute Gasteiger partial charge is 0.416 e. The van der Waals surface area contributed by atoms with Crippen molar-refractivity contribution in [2.24, 2.45) is 0 Å². The summed E-state index contributed by atoms with van der Waals surface area (Å²) in [5, 5.41) is 9.66. The molecule has 0 saturated heterocycles. The zero-order valence-corrected chi connectivity index (χ0v) is 14.9. The first-order valence-corrected chi connectivity index (χ1v) is 9.41. The van der Waals surface area contributed by atoms with Crippen LogP contribution in [0, 0.1) is 0 Å². The van der Waals surface area contributed by atoms with Gasteiger partial charge in [-0.15, -0.1) is 11.8 Å². The van der Waals surface area contributed by atoms with Crippen LogP contribution >= 0.6 is 11.8 Å². The Bertz CT molecular complexity index is 832. The van der Waals surface area contributed by atoms with Gasteiger partial charge in [0.15, 0.2) is 0 Å². The number of alkyl halides is 3. The Kier molecular flexibility index (Phi) is 5.72. The fourth-order valence-electron chi connectivity index (χ4n) is 3.11. The fraction of sp³-hybridized carbons (Fsp3) is 0.444. The Labute approximate surface area is 153 Å². The van der Waals surface area contributed by atoms with E-state index >= 15 is 0 Å². The predicted octanol–water partition coefficient (Wildman–Crippen LogP) is 3.43. The molecule has 4 nitrogen and oxygen atoms in total. The number of hydrogen-bond acceptors (Lipinski definition) is 4. The summed E-state index contributed by atoms with van der Waals surface area (Å²) < 4.78 is 39.5. The summed E-state index contributed by atoms with van der Waals surface area (Å²) in [7, 11) is 0. The van der Waals surface area contributed by atoms with E-state index in [-0.39, 0.29) is 12.3 Å². The molecule has 1 aromatic heterocycles. The highest BCUT2D eigenvalue weighted by atomic mass is 32.2. The maximum atomic E-state index is 12.6. The van der Waals surface area contributed by atoms with Crippen LogP contribution in [0.1, 0.15) is 35.2 Å². The van der Waals surface area contributed by atoms with E-state index in [1.54, 1.807) is 4.57 Å². The molecule has 0 atom stereocenters. The van der Waals surface area contributed by atoms with Gasteiger partial charge in [-0.25, -0.2) is 4.79 Å². The van der Waals surface area contributed by atoms with Crippen LogP contribution in [0.2, 0.25) is 0 Å². The normalized spacial score (nSPS) is 13.8. The Morgan fingerprint density at radius 1 is 1.19 bits per heavy atom. The van der Waals surface area contributed by atoms with Crippen LogP contribution in [-0.4, -0.2) is 21.3 Å². The van der Waals surface area contributed by atoms with Crippen LogP contribution in [0.3, 0.4) is 0 Å². The third kappa shape index (κ3) is 4.12. The lowest BCUT2D eigenvalue weighted by Crippen LogP contribution is -2.27. The third-order valence-electron chi connectivity index (χ3n) is 4.40. The van der Waals surface area contributed by atoms with Crippen molar-refractivity contribution in [3.05, 3.63) is 57.1 Å². The van der Waals surface area contributed by atoms with Crippen LogP contribution in [0.15, 0.2) is 34.1 Å². The van der Waals surface area contributed by atoms with Crippen LogP contribution in [0.4, 0.5) is 13.2 Å². The number of aliphatic hydroxyl groups excluding tert-OH is 1. The third-order valence-corrected chi connectivity index (χ3v) is 5.49. The van der Waals surface area contributed by atoms with Crippen molar-refractivity contribution in [2.45, 2.75) is 49.2 Å². The minimum absolute atomic E-state index is 0.0195. The van der Waals surface area contributed by atoms with Crippen molar-refractivity contribution in [1.29, 1.82) is 0 Å². The van der Waals surface area contributed by atoms with E-state index in [2.05, 4.69) is 4.98 Å². The van der Waals surface area contributed by atoms with E-state index in [4.69, 9.17) is 5.11 Å². The lowest BCUT2D eigenvalue weighted by atomic mass is 10.1. The number of benzene rings is 1. The molecule has 0 saturated carbocycles. The molecule has 140 valence electrons. The predicted molar refractivity (Wildman–Crippen MR) is 93.2 cm³/mol. The fourth-order valence-corrected chi connectivity index (χ4v) is 4.14. The summed E-state index contributed by atoms with van der Waals surface area (Å²) in [6.07, 6.45) is -1.23. The maximum absolute atomic E-state index is 12.6. The molecule has 1 heterocycles. The molecule has 0 unspecified atom stereocenters. The van der Waals surface area contributed by atoms with Gasteiger partial charge in [0, 0.05) is 30.2 Å². The molecule has 0 aliphatic heterocycles. The Balaban J connectivity index is 1.77. The Morgan fingerprint density at radius 3 is 2.58 bits per heavy atom. The molecule has 1 aromatic carbocycles. The molecule has 1 aliphatic carbocycles. The molecule has 1 N–H and O–H groups in total. The van der Waals surface area contributed by atoms with Gasteiger partial charge in [0.2, 0.25) is 0 Å².